The normalized spacial score (nSPS) is 10.2. The Labute approximate surface area is 128 Å². The molecule has 0 amide bonds. The Balaban J connectivity index is 2.07. The summed E-state index contributed by atoms with van der Waals surface area (Å²) >= 11 is 8.19. The van der Waals surface area contributed by atoms with Crippen LogP contribution in [0.1, 0.15) is 5.56 Å². The third-order valence-electron chi connectivity index (χ3n) is 2.46. The molecule has 0 saturated carbocycles. The van der Waals surface area contributed by atoms with Crippen LogP contribution in [0.25, 0.3) is 0 Å². The minimum absolute atomic E-state index is 0.0250. The van der Waals surface area contributed by atoms with Gasteiger partial charge in [-0.25, -0.2) is 0 Å². The van der Waals surface area contributed by atoms with Crippen molar-refractivity contribution in [2.75, 3.05) is 0 Å². The van der Waals surface area contributed by atoms with Crippen LogP contribution in [0, 0.1) is 13.7 Å². The lowest BCUT2D eigenvalue weighted by Crippen LogP contribution is -1.97. The fraction of sp³-hybridized carbons (Fsp3) is 0.0769. The first kappa shape index (κ1) is 14.1. The predicted octanol–water partition coefficient (Wildman–Crippen LogP) is 4.43. The molecule has 0 aromatic heterocycles. The molecule has 0 N–H and O–H groups in total. The highest BCUT2D eigenvalue weighted by molar-refractivity contribution is 14.1. The van der Waals surface area contributed by atoms with Crippen molar-refractivity contribution < 1.29 is 9.66 Å². The van der Waals surface area contributed by atoms with Gasteiger partial charge in [0.2, 0.25) is 0 Å². The van der Waals surface area contributed by atoms with Crippen LogP contribution in [-0.4, -0.2) is 4.92 Å². The van der Waals surface area contributed by atoms with Crippen LogP contribution < -0.4 is 4.74 Å². The average molecular weight is 390 g/mol. The molecule has 0 unspecified atom stereocenters. The molecule has 98 valence electrons. The minimum Gasteiger partial charge on any atom is -0.489 e. The molecule has 0 spiro atoms. The summed E-state index contributed by atoms with van der Waals surface area (Å²) in [6.45, 7) is 0.275. The summed E-state index contributed by atoms with van der Waals surface area (Å²) in [5.74, 6) is 0.731. The van der Waals surface area contributed by atoms with Crippen molar-refractivity contribution in [3.8, 4) is 5.75 Å². The van der Waals surface area contributed by atoms with Crippen molar-refractivity contribution in [2.24, 2.45) is 0 Å². The number of nitro groups is 1. The molecule has 2 rings (SSSR count). The van der Waals surface area contributed by atoms with Gasteiger partial charge in [0, 0.05) is 21.3 Å². The van der Waals surface area contributed by atoms with Crippen LogP contribution in [0.2, 0.25) is 5.02 Å². The molecule has 2 aromatic carbocycles. The van der Waals surface area contributed by atoms with Crippen molar-refractivity contribution in [2.45, 2.75) is 6.61 Å². The monoisotopic (exact) mass is 389 g/mol. The van der Waals surface area contributed by atoms with Gasteiger partial charge in [0.1, 0.15) is 12.4 Å². The molecular formula is C13H9ClINO3. The lowest BCUT2D eigenvalue weighted by Gasteiger charge is -2.07. The summed E-state index contributed by atoms with van der Waals surface area (Å²) in [6.07, 6.45) is 0. The molecule has 6 heteroatoms. The van der Waals surface area contributed by atoms with Crippen LogP contribution >= 0.6 is 34.2 Å². The Morgan fingerprint density at radius 3 is 2.47 bits per heavy atom. The van der Waals surface area contributed by atoms with E-state index in [1.165, 1.54) is 12.1 Å². The van der Waals surface area contributed by atoms with Gasteiger partial charge in [-0.2, -0.15) is 0 Å². The molecule has 0 radical (unpaired) electrons. The molecule has 2 aromatic rings. The number of rotatable bonds is 4. The third-order valence-corrected chi connectivity index (χ3v) is 3.53. The second kappa shape index (κ2) is 6.21. The molecule has 4 nitrogen and oxygen atoms in total. The Hall–Kier alpha value is -1.34. The van der Waals surface area contributed by atoms with Gasteiger partial charge in [-0.1, -0.05) is 11.6 Å². The van der Waals surface area contributed by atoms with Crippen molar-refractivity contribution in [3.63, 3.8) is 0 Å². The number of hydrogen-bond acceptors (Lipinski definition) is 3. The van der Waals surface area contributed by atoms with Crippen molar-refractivity contribution in [3.05, 3.63) is 66.7 Å². The van der Waals surface area contributed by atoms with Crippen LogP contribution in [-0.2, 0) is 6.61 Å². The van der Waals surface area contributed by atoms with E-state index >= 15 is 0 Å². The van der Waals surface area contributed by atoms with Crippen LogP contribution in [0.4, 0.5) is 5.69 Å². The number of non-ortho nitro benzene ring substituents is 1. The first-order valence-corrected chi connectivity index (χ1v) is 6.83. The van der Waals surface area contributed by atoms with Gasteiger partial charge < -0.3 is 4.74 Å². The van der Waals surface area contributed by atoms with E-state index < -0.39 is 4.92 Å². The third kappa shape index (κ3) is 3.81. The Morgan fingerprint density at radius 2 is 1.89 bits per heavy atom. The molecular weight excluding hydrogens is 381 g/mol. The van der Waals surface area contributed by atoms with Gasteiger partial charge in [-0.15, -0.1) is 0 Å². The van der Waals surface area contributed by atoms with E-state index in [4.69, 9.17) is 16.3 Å². The average Bonchev–Trinajstić information content (AvgIpc) is 2.39. The summed E-state index contributed by atoms with van der Waals surface area (Å²) in [5, 5.41) is 10.9. The van der Waals surface area contributed by atoms with Crippen molar-refractivity contribution >= 4 is 39.9 Å². The van der Waals surface area contributed by atoms with E-state index in [0.717, 1.165) is 9.32 Å². The highest BCUT2D eigenvalue weighted by atomic mass is 127. The highest BCUT2D eigenvalue weighted by Crippen LogP contribution is 2.24. The Bertz CT molecular complexity index is 601. The van der Waals surface area contributed by atoms with Gasteiger partial charge >= 0.3 is 0 Å². The lowest BCUT2D eigenvalue weighted by molar-refractivity contribution is -0.384. The number of benzene rings is 2. The van der Waals surface area contributed by atoms with E-state index in [2.05, 4.69) is 22.6 Å². The maximum absolute atomic E-state index is 10.6. The summed E-state index contributed by atoms with van der Waals surface area (Å²) in [7, 11) is 0. The number of halogens is 2. The van der Waals surface area contributed by atoms with Gasteiger partial charge in [0.15, 0.2) is 0 Å². The van der Waals surface area contributed by atoms with Crippen LogP contribution in [0.3, 0.4) is 0 Å². The summed E-state index contributed by atoms with van der Waals surface area (Å²) in [5.41, 5.74) is 0.689. The van der Waals surface area contributed by atoms with E-state index in [1.54, 1.807) is 6.07 Å². The summed E-state index contributed by atoms with van der Waals surface area (Å²) in [4.78, 5) is 10.1. The molecule has 0 saturated heterocycles. The number of hydrogen-bond donors (Lipinski definition) is 0. The van der Waals surface area contributed by atoms with E-state index in [0.29, 0.717) is 10.6 Å². The number of nitrogens with zero attached hydrogens (tertiary/aromatic N) is 1. The summed E-state index contributed by atoms with van der Waals surface area (Å²) < 4.78 is 6.69. The quantitative estimate of drug-likeness (QED) is 0.441. The summed E-state index contributed by atoms with van der Waals surface area (Å²) in [6, 6.07) is 11.9. The Morgan fingerprint density at radius 1 is 1.21 bits per heavy atom. The Kier molecular flexibility index (Phi) is 4.60. The predicted molar refractivity (Wildman–Crippen MR) is 81.6 cm³/mol. The zero-order valence-electron chi connectivity index (χ0n) is 9.68. The molecule has 0 aliphatic heterocycles. The van der Waals surface area contributed by atoms with Crippen LogP contribution in [0.15, 0.2) is 42.5 Å². The highest BCUT2D eigenvalue weighted by Gasteiger charge is 2.09. The molecule has 0 fully saturated rings. The standard InChI is InChI=1S/C13H9ClINO3/c14-13-7-11(16(17)18)4-1-9(13)8-19-12-5-2-10(15)3-6-12/h1-7H,8H2. The zero-order valence-corrected chi connectivity index (χ0v) is 12.6. The maximum atomic E-state index is 10.6. The second-order valence-electron chi connectivity index (χ2n) is 3.78. The second-order valence-corrected chi connectivity index (χ2v) is 5.43. The maximum Gasteiger partial charge on any atom is 0.270 e. The number of nitro benzene ring substituents is 1. The fourth-order valence-corrected chi connectivity index (χ4v) is 2.05. The fourth-order valence-electron chi connectivity index (χ4n) is 1.46. The van der Waals surface area contributed by atoms with E-state index in [-0.39, 0.29) is 12.3 Å². The first-order chi connectivity index (χ1) is 9.06. The largest absolute Gasteiger partial charge is 0.489 e. The van der Waals surface area contributed by atoms with E-state index in [1.807, 2.05) is 24.3 Å². The van der Waals surface area contributed by atoms with Crippen LogP contribution in [0.5, 0.6) is 5.75 Å². The van der Waals surface area contributed by atoms with Crippen molar-refractivity contribution in [1.82, 2.24) is 0 Å². The van der Waals surface area contributed by atoms with Gasteiger partial charge in [0.25, 0.3) is 5.69 Å². The molecule has 0 bridgehead atoms. The smallest absolute Gasteiger partial charge is 0.270 e. The lowest BCUT2D eigenvalue weighted by atomic mass is 10.2. The molecule has 0 aliphatic carbocycles. The number of ether oxygens (including phenoxy) is 1. The van der Waals surface area contributed by atoms with Crippen molar-refractivity contribution in [1.29, 1.82) is 0 Å². The zero-order chi connectivity index (χ0) is 13.8. The first-order valence-electron chi connectivity index (χ1n) is 5.37. The SMILES string of the molecule is O=[N+]([O-])c1ccc(COc2ccc(I)cc2)c(Cl)c1. The van der Waals surface area contributed by atoms with E-state index in [9.17, 15) is 10.1 Å². The van der Waals surface area contributed by atoms with Gasteiger partial charge in [-0.05, 0) is 52.9 Å². The van der Waals surface area contributed by atoms with Gasteiger partial charge in [0.05, 0.1) is 9.95 Å². The molecule has 0 heterocycles. The topological polar surface area (TPSA) is 52.4 Å². The minimum atomic E-state index is -0.477. The molecule has 0 atom stereocenters. The van der Waals surface area contributed by atoms with Gasteiger partial charge in [-0.3, -0.25) is 10.1 Å². The molecule has 0 aliphatic rings. The molecule has 19 heavy (non-hydrogen) atoms.